The number of hydrogen-bond donors (Lipinski definition) is 0. The fraction of sp³-hybridized carbons (Fsp3) is 0.333. The van der Waals surface area contributed by atoms with Gasteiger partial charge in [0, 0.05) is 51.5 Å². The average Bonchev–Trinajstić information content (AvgIpc) is 2.46. The van der Waals surface area contributed by atoms with Crippen molar-refractivity contribution < 1.29 is 4.68 Å². The SMILES string of the molecule is CSc1cc(N(C)C)c(N(C)C)n[n+]1-c1ccccc1. The van der Waals surface area contributed by atoms with Gasteiger partial charge in [0.1, 0.15) is 0 Å². The third-order valence-electron chi connectivity index (χ3n) is 3.01. The molecule has 0 radical (unpaired) electrons. The summed E-state index contributed by atoms with van der Waals surface area (Å²) in [7, 11) is 8.12. The van der Waals surface area contributed by atoms with Crippen molar-refractivity contribution in [2.75, 3.05) is 44.2 Å². The Bertz CT molecular complexity index is 582. The van der Waals surface area contributed by atoms with Gasteiger partial charge in [0.25, 0.3) is 5.03 Å². The van der Waals surface area contributed by atoms with Crippen molar-refractivity contribution in [1.82, 2.24) is 5.10 Å². The van der Waals surface area contributed by atoms with Gasteiger partial charge in [-0.1, -0.05) is 30.0 Å². The Morgan fingerprint density at radius 2 is 1.65 bits per heavy atom. The second-order valence-corrected chi connectivity index (χ2v) is 5.76. The van der Waals surface area contributed by atoms with E-state index in [1.54, 1.807) is 11.8 Å². The molecule has 0 saturated carbocycles. The highest BCUT2D eigenvalue weighted by Crippen LogP contribution is 2.26. The maximum absolute atomic E-state index is 4.81. The van der Waals surface area contributed by atoms with E-state index in [1.807, 2.05) is 56.0 Å². The van der Waals surface area contributed by atoms with E-state index in [4.69, 9.17) is 5.10 Å². The number of rotatable bonds is 4. The summed E-state index contributed by atoms with van der Waals surface area (Å²) >= 11 is 1.70. The van der Waals surface area contributed by atoms with Crippen LogP contribution >= 0.6 is 11.8 Å². The van der Waals surface area contributed by atoms with Crippen LogP contribution in [-0.2, 0) is 0 Å². The van der Waals surface area contributed by atoms with Crippen LogP contribution in [0.25, 0.3) is 5.69 Å². The Balaban J connectivity index is 2.66. The molecule has 0 spiro atoms. The first-order valence-corrected chi connectivity index (χ1v) is 7.68. The molecule has 4 nitrogen and oxygen atoms in total. The lowest BCUT2D eigenvalue weighted by atomic mass is 10.3. The molecule has 106 valence electrons. The van der Waals surface area contributed by atoms with Gasteiger partial charge in [-0.05, 0) is 10.9 Å². The molecule has 1 heterocycles. The molecule has 2 rings (SSSR count). The van der Waals surface area contributed by atoms with Crippen LogP contribution < -0.4 is 14.5 Å². The molecule has 0 amide bonds. The fourth-order valence-corrected chi connectivity index (χ4v) is 2.53. The summed E-state index contributed by atoms with van der Waals surface area (Å²) in [6.07, 6.45) is 2.07. The van der Waals surface area contributed by atoms with Crippen LogP contribution in [-0.4, -0.2) is 39.5 Å². The quantitative estimate of drug-likeness (QED) is 0.636. The molecule has 0 N–H and O–H groups in total. The van der Waals surface area contributed by atoms with Gasteiger partial charge >= 0.3 is 0 Å². The Morgan fingerprint density at radius 3 is 2.15 bits per heavy atom. The Labute approximate surface area is 125 Å². The molecule has 5 heteroatoms. The lowest BCUT2D eigenvalue weighted by Crippen LogP contribution is -2.40. The minimum absolute atomic E-state index is 0.955. The molecule has 0 fully saturated rings. The maximum atomic E-state index is 4.81. The van der Waals surface area contributed by atoms with Crippen LogP contribution in [0.1, 0.15) is 0 Å². The van der Waals surface area contributed by atoms with Crippen LogP contribution in [0.4, 0.5) is 11.5 Å². The minimum Gasteiger partial charge on any atom is -0.374 e. The summed E-state index contributed by atoms with van der Waals surface area (Å²) in [5.74, 6) is 0.955. The van der Waals surface area contributed by atoms with Gasteiger partial charge < -0.3 is 9.80 Å². The van der Waals surface area contributed by atoms with Crippen LogP contribution in [0.5, 0.6) is 0 Å². The fourth-order valence-electron chi connectivity index (χ4n) is 1.99. The molecule has 0 aliphatic carbocycles. The van der Waals surface area contributed by atoms with Gasteiger partial charge in [0.15, 0.2) is 0 Å². The first-order valence-electron chi connectivity index (χ1n) is 6.46. The number of hydrogen-bond acceptors (Lipinski definition) is 4. The van der Waals surface area contributed by atoms with E-state index < -0.39 is 0 Å². The molecule has 1 aromatic heterocycles. The number of anilines is 2. The van der Waals surface area contributed by atoms with Crippen molar-refractivity contribution >= 4 is 23.3 Å². The van der Waals surface area contributed by atoms with E-state index >= 15 is 0 Å². The Kier molecular flexibility index (Phi) is 4.49. The van der Waals surface area contributed by atoms with Gasteiger partial charge in [-0.3, -0.25) is 0 Å². The first kappa shape index (κ1) is 14.7. The van der Waals surface area contributed by atoms with Gasteiger partial charge in [0.2, 0.25) is 11.5 Å². The van der Waals surface area contributed by atoms with Crippen molar-refractivity contribution in [1.29, 1.82) is 0 Å². The zero-order valence-electron chi connectivity index (χ0n) is 12.7. The smallest absolute Gasteiger partial charge is 0.274 e. The van der Waals surface area contributed by atoms with Crippen LogP contribution in [0.3, 0.4) is 0 Å². The normalized spacial score (nSPS) is 10.4. The van der Waals surface area contributed by atoms with E-state index in [9.17, 15) is 0 Å². The molecule has 0 atom stereocenters. The molecule has 0 unspecified atom stereocenters. The van der Waals surface area contributed by atoms with Crippen molar-refractivity contribution in [3.63, 3.8) is 0 Å². The van der Waals surface area contributed by atoms with Crippen molar-refractivity contribution in [3.8, 4) is 5.69 Å². The number of nitrogens with zero attached hydrogens (tertiary/aromatic N) is 4. The van der Waals surface area contributed by atoms with Gasteiger partial charge in [-0.25, -0.2) is 0 Å². The highest BCUT2D eigenvalue weighted by Gasteiger charge is 2.22. The number of benzene rings is 1. The second kappa shape index (κ2) is 6.13. The van der Waals surface area contributed by atoms with Gasteiger partial charge in [0.05, 0.1) is 5.69 Å². The molecule has 0 aliphatic rings. The van der Waals surface area contributed by atoms with Gasteiger partial charge in [-0.15, -0.1) is 0 Å². The zero-order valence-corrected chi connectivity index (χ0v) is 13.5. The lowest BCUT2D eigenvalue weighted by molar-refractivity contribution is -0.696. The molecular formula is C15H21N4S+. The van der Waals surface area contributed by atoms with Crippen molar-refractivity contribution in [2.24, 2.45) is 0 Å². The number of aromatic nitrogens is 2. The summed E-state index contributed by atoms with van der Waals surface area (Å²) < 4.78 is 1.99. The van der Waals surface area contributed by atoms with E-state index in [1.165, 1.54) is 0 Å². The average molecular weight is 289 g/mol. The topological polar surface area (TPSA) is 23.2 Å². The maximum Gasteiger partial charge on any atom is 0.274 e. The third-order valence-corrected chi connectivity index (χ3v) is 3.72. The molecule has 0 aliphatic heterocycles. The number of thioether (sulfide) groups is 1. The van der Waals surface area contributed by atoms with E-state index in [2.05, 4.69) is 29.4 Å². The van der Waals surface area contributed by atoms with Crippen LogP contribution in [0.2, 0.25) is 0 Å². The highest BCUT2D eigenvalue weighted by atomic mass is 32.2. The lowest BCUT2D eigenvalue weighted by Gasteiger charge is -2.19. The largest absolute Gasteiger partial charge is 0.374 e. The molecule has 0 bridgehead atoms. The summed E-state index contributed by atoms with van der Waals surface area (Å²) in [5, 5.41) is 5.93. The Hall–Kier alpha value is -1.75. The monoisotopic (exact) mass is 289 g/mol. The number of para-hydroxylation sites is 1. The van der Waals surface area contributed by atoms with Gasteiger partial charge in [-0.2, -0.15) is 0 Å². The molecule has 20 heavy (non-hydrogen) atoms. The minimum atomic E-state index is 0.955. The molecule has 0 saturated heterocycles. The van der Waals surface area contributed by atoms with Crippen molar-refractivity contribution in [2.45, 2.75) is 5.03 Å². The third kappa shape index (κ3) is 2.88. The summed E-state index contributed by atoms with van der Waals surface area (Å²) in [6, 6.07) is 12.4. The van der Waals surface area contributed by atoms with Crippen LogP contribution in [0.15, 0.2) is 41.4 Å². The van der Waals surface area contributed by atoms with Crippen molar-refractivity contribution in [3.05, 3.63) is 36.4 Å². The van der Waals surface area contributed by atoms with E-state index in [0.29, 0.717) is 0 Å². The molecule has 1 aromatic carbocycles. The predicted molar refractivity (Wildman–Crippen MR) is 86.2 cm³/mol. The molecular weight excluding hydrogens is 268 g/mol. The summed E-state index contributed by atoms with van der Waals surface area (Å²) in [4.78, 5) is 4.14. The first-order chi connectivity index (χ1) is 9.54. The second-order valence-electron chi connectivity index (χ2n) is 4.93. The molecule has 2 aromatic rings. The predicted octanol–water partition coefficient (Wildman–Crippen LogP) is 2.21. The summed E-state index contributed by atoms with van der Waals surface area (Å²) in [6.45, 7) is 0. The zero-order chi connectivity index (χ0) is 14.7. The summed E-state index contributed by atoms with van der Waals surface area (Å²) in [5.41, 5.74) is 2.19. The van der Waals surface area contributed by atoms with Crippen LogP contribution in [0, 0.1) is 0 Å². The highest BCUT2D eigenvalue weighted by molar-refractivity contribution is 7.98. The van der Waals surface area contributed by atoms with E-state index in [0.717, 1.165) is 22.2 Å². The van der Waals surface area contributed by atoms with E-state index in [-0.39, 0.29) is 0 Å². The standard InChI is InChI=1S/C15H21N4S/c1-17(2)13-11-14(20-5)19(16-15(13)18(3)4)12-9-7-6-8-10-12/h6-11H,1-5H3/q+1. The Morgan fingerprint density at radius 1 is 1.00 bits per heavy atom.